The molecule has 2 rings (SSSR count). The van der Waals surface area contributed by atoms with Crippen molar-refractivity contribution in [2.45, 2.75) is 26.1 Å². The van der Waals surface area contributed by atoms with Crippen LogP contribution in [0.25, 0.3) is 0 Å². The summed E-state index contributed by atoms with van der Waals surface area (Å²) in [5.41, 5.74) is 2.02. The van der Waals surface area contributed by atoms with Crippen LogP contribution in [0.1, 0.15) is 18.1 Å². The van der Waals surface area contributed by atoms with Crippen molar-refractivity contribution in [3.8, 4) is 5.75 Å². The molecule has 1 N–H and O–H groups in total. The second kappa shape index (κ2) is 7.74. The lowest BCUT2D eigenvalue weighted by atomic mass is 10.1. The normalized spacial score (nSPS) is 12.2. The maximum absolute atomic E-state index is 12.8. The topological polar surface area (TPSA) is 56.7 Å². The fraction of sp³-hybridized carbons (Fsp3) is 0.333. The average molecular weight is 313 g/mol. The fourth-order valence-corrected chi connectivity index (χ4v) is 2.23. The molecule has 1 aromatic carbocycles. The highest BCUT2D eigenvalue weighted by atomic mass is 16.3. The maximum atomic E-state index is 12.8. The molecule has 0 unspecified atom stereocenters. The van der Waals surface area contributed by atoms with Crippen LogP contribution in [0.15, 0.2) is 48.8 Å². The molecule has 1 amide bonds. The van der Waals surface area contributed by atoms with E-state index in [2.05, 4.69) is 4.98 Å². The van der Waals surface area contributed by atoms with E-state index in [0.29, 0.717) is 13.1 Å². The van der Waals surface area contributed by atoms with E-state index < -0.39 is 0 Å². The second-order valence-electron chi connectivity index (χ2n) is 5.86. The zero-order chi connectivity index (χ0) is 16.8. The molecule has 2 aromatic rings. The van der Waals surface area contributed by atoms with E-state index in [9.17, 15) is 9.90 Å². The molecule has 0 bridgehead atoms. The number of aromatic nitrogens is 1. The van der Waals surface area contributed by atoms with Gasteiger partial charge in [0.2, 0.25) is 5.91 Å². The van der Waals surface area contributed by atoms with Crippen LogP contribution in [0.3, 0.4) is 0 Å². The Morgan fingerprint density at radius 2 is 1.57 bits per heavy atom. The van der Waals surface area contributed by atoms with Crippen molar-refractivity contribution in [3.05, 3.63) is 59.9 Å². The smallest absolute Gasteiger partial charge is 0.240 e. The third-order valence-corrected chi connectivity index (χ3v) is 3.88. The summed E-state index contributed by atoms with van der Waals surface area (Å²) in [4.78, 5) is 20.5. The largest absolute Gasteiger partial charge is 0.508 e. The molecule has 0 radical (unpaired) electrons. The highest BCUT2D eigenvalue weighted by Gasteiger charge is 2.22. The molecule has 1 atom stereocenters. The zero-order valence-corrected chi connectivity index (χ0v) is 13.8. The number of pyridine rings is 1. The minimum atomic E-state index is -0.200. The quantitative estimate of drug-likeness (QED) is 0.889. The summed E-state index contributed by atoms with van der Waals surface area (Å²) in [6.45, 7) is 2.93. The summed E-state index contributed by atoms with van der Waals surface area (Å²) in [5, 5.41) is 9.40. The van der Waals surface area contributed by atoms with Gasteiger partial charge in [-0.25, -0.2) is 0 Å². The molecule has 0 aliphatic heterocycles. The predicted octanol–water partition coefficient (Wildman–Crippen LogP) is 2.27. The van der Waals surface area contributed by atoms with Crippen molar-refractivity contribution in [1.82, 2.24) is 14.8 Å². The molecule has 0 aliphatic rings. The van der Waals surface area contributed by atoms with Gasteiger partial charge in [0.05, 0.1) is 6.04 Å². The van der Waals surface area contributed by atoms with Crippen molar-refractivity contribution in [2.75, 3.05) is 14.1 Å². The van der Waals surface area contributed by atoms with Gasteiger partial charge >= 0.3 is 0 Å². The van der Waals surface area contributed by atoms with E-state index in [1.807, 2.05) is 55.1 Å². The third kappa shape index (κ3) is 4.79. The summed E-state index contributed by atoms with van der Waals surface area (Å²) in [6.07, 6.45) is 3.46. The summed E-state index contributed by atoms with van der Waals surface area (Å²) in [5.74, 6) is 0.294. The Hall–Kier alpha value is -2.40. The van der Waals surface area contributed by atoms with Crippen LogP contribution in [0, 0.1) is 0 Å². The predicted molar refractivity (Wildman–Crippen MR) is 89.7 cm³/mol. The molecule has 1 heterocycles. The van der Waals surface area contributed by atoms with Gasteiger partial charge in [0.15, 0.2) is 0 Å². The lowest BCUT2D eigenvalue weighted by Crippen LogP contribution is -2.43. The number of aromatic hydroxyl groups is 1. The first-order chi connectivity index (χ1) is 11.0. The Balaban J connectivity index is 2.19. The maximum Gasteiger partial charge on any atom is 0.240 e. The number of amides is 1. The number of carbonyl (C=O) groups is 1. The van der Waals surface area contributed by atoms with Gasteiger partial charge in [-0.3, -0.25) is 14.7 Å². The Bertz CT molecular complexity index is 626. The van der Waals surface area contributed by atoms with Crippen LogP contribution in [-0.4, -0.2) is 45.9 Å². The monoisotopic (exact) mass is 313 g/mol. The van der Waals surface area contributed by atoms with Crippen LogP contribution in [0.4, 0.5) is 0 Å². The Kier molecular flexibility index (Phi) is 5.71. The van der Waals surface area contributed by atoms with Gasteiger partial charge in [0.25, 0.3) is 0 Å². The lowest BCUT2D eigenvalue weighted by Gasteiger charge is -2.29. The summed E-state index contributed by atoms with van der Waals surface area (Å²) >= 11 is 0. The summed E-state index contributed by atoms with van der Waals surface area (Å²) < 4.78 is 0. The van der Waals surface area contributed by atoms with Gasteiger partial charge < -0.3 is 10.0 Å². The van der Waals surface area contributed by atoms with Gasteiger partial charge in [-0.2, -0.15) is 0 Å². The van der Waals surface area contributed by atoms with E-state index >= 15 is 0 Å². The summed E-state index contributed by atoms with van der Waals surface area (Å²) in [7, 11) is 3.79. The average Bonchev–Trinajstić information content (AvgIpc) is 2.55. The van der Waals surface area contributed by atoms with Crippen LogP contribution >= 0.6 is 0 Å². The Morgan fingerprint density at radius 1 is 1.04 bits per heavy atom. The van der Waals surface area contributed by atoms with Crippen molar-refractivity contribution in [2.24, 2.45) is 0 Å². The molecule has 1 aromatic heterocycles. The number of carbonyl (C=O) groups excluding carboxylic acids is 1. The molecular formula is C18H23N3O2. The number of likely N-dealkylation sites (N-methyl/N-ethyl adjacent to an activating group) is 1. The van der Waals surface area contributed by atoms with Crippen LogP contribution in [0.5, 0.6) is 5.75 Å². The van der Waals surface area contributed by atoms with Crippen molar-refractivity contribution in [1.29, 1.82) is 0 Å². The first-order valence-electron chi connectivity index (χ1n) is 7.59. The highest BCUT2D eigenvalue weighted by molar-refractivity contribution is 5.81. The first kappa shape index (κ1) is 17.0. The number of benzene rings is 1. The molecular weight excluding hydrogens is 290 g/mol. The number of hydrogen-bond donors (Lipinski definition) is 1. The highest BCUT2D eigenvalue weighted by Crippen LogP contribution is 2.15. The van der Waals surface area contributed by atoms with Crippen molar-refractivity contribution < 1.29 is 9.90 Å². The Labute approximate surface area is 137 Å². The van der Waals surface area contributed by atoms with Gasteiger partial charge in [-0.15, -0.1) is 0 Å². The van der Waals surface area contributed by atoms with Crippen LogP contribution < -0.4 is 0 Å². The number of hydrogen-bond acceptors (Lipinski definition) is 4. The first-order valence-corrected chi connectivity index (χ1v) is 7.59. The van der Waals surface area contributed by atoms with E-state index in [-0.39, 0.29) is 17.7 Å². The molecule has 0 saturated heterocycles. The number of phenols is 1. The Morgan fingerprint density at radius 3 is 2.09 bits per heavy atom. The molecule has 5 nitrogen and oxygen atoms in total. The van der Waals surface area contributed by atoms with E-state index in [4.69, 9.17) is 0 Å². The molecule has 0 spiro atoms. The van der Waals surface area contributed by atoms with Crippen molar-refractivity contribution in [3.63, 3.8) is 0 Å². The van der Waals surface area contributed by atoms with Gasteiger partial charge in [-0.1, -0.05) is 12.1 Å². The summed E-state index contributed by atoms with van der Waals surface area (Å²) in [6, 6.07) is 10.6. The molecule has 5 heteroatoms. The zero-order valence-electron chi connectivity index (χ0n) is 13.8. The molecule has 122 valence electrons. The van der Waals surface area contributed by atoms with Crippen LogP contribution in [-0.2, 0) is 17.9 Å². The SMILES string of the molecule is C[C@@H](C(=O)N(Cc1ccncc1)Cc1ccc(O)cc1)N(C)C. The molecule has 0 saturated carbocycles. The number of nitrogens with zero attached hydrogens (tertiary/aromatic N) is 3. The van der Waals surface area contributed by atoms with Gasteiger partial charge in [0.1, 0.15) is 5.75 Å². The third-order valence-electron chi connectivity index (χ3n) is 3.88. The molecule has 23 heavy (non-hydrogen) atoms. The van der Waals surface area contributed by atoms with Gasteiger partial charge in [-0.05, 0) is 56.4 Å². The van der Waals surface area contributed by atoms with E-state index in [0.717, 1.165) is 11.1 Å². The second-order valence-corrected chi connectivity index (χ2v) is 5.86. The fourth-order valence-electron chi connectivity index (χ4n) is 2.23. The van der Waals surface area contributed by atoms with Crippen molar-refractivity contribution >= 4 is 5.91 Å². The minimum Gasteiger partial charge on any atom is -0.508 e. The molecule has 0 fully saturated rings. The van der Waals surface area contributed by atoms with E-state index in [1.165, 1.54) is 0 Å². The lowest BCUT2D eigenvalue weighted by molar-refractivity contribution is -0.136. The number of rotatable bonds is 6. The van der Waals surface area contributed by atoms with Gasteiger partial charge in [0, 0.05) is 25.5 Å². The number of phenolic OH excluding ortho intramolecular Hbond substituents is 1. The molecule has 0 aliphatic carbocycles. The van der Waals surface area contributed by atoms with Crippen LogP contribution in [0.2, 0.25) is 0 Å². The standard InChI is InChI=1S/C18H23N3O2/c1-14(20(2)3)18(23)21(13-16-8-10-19-11-9-16)12-15-4-6-17(22)7-5-15/h4-11,14,22H,12-13H2,1-3H3/t14-/m0/s1. The minimum absolute atomic E-state index is 0.0693. The van der Waals surface area contributed by atoms with E-state index in [1.54, 1.807) is 24.5 Å².